The zero-order valence-electron chi connectivity index (χ0n) is 13.0. The highest BCUT2D eigenvalue weighted by molar-refractivity contribution is 7.89. The first-order chi connectivity index (χ1) is 9.88. The smallest absolute Gasteiger partial charge is 0.247 e. The van der Waals surface area contributed by atoms with E-state index in [1.54, 1.807) is 40.0 Å². The summed E-state index contributed by atoms with van der Waals surface area (Å²) in [5.41, 5.74) is 6.12. The van der Waals surface area contributed by atoms with Gasteiger partial charge in [-0.05, 0) is 32.0 Å². The molecule has 1 unspecified atom stereocenters. The predicted molar refractivity (Wildman–Crippen MR) is 82.9 cm³/mol. The number of anilines is 1. The van der Waals surface area contributed by atoms with Crippen LogP contribution in [0.3, 0.4) is 0 Å². The Labute approximate surface area is 126 Å². The molecule has 0 fully saturated rings. The number of methoxy groups -OCH3 is 1. The summed E-state index contributed by atoms with van der Waals surface area (Å²) < 4.78 is 37.6. The molecule has 0 saturated carbocycles. The topological polar surface area (TPSA) is 81.9 Å². The number of nitrogens with two attached hydrogens (primary N) is 1. The lowest BCUT2D eigenvalue weighted by atomic mass is 10.3. The zero-order valence-corrected chi connectivity index (χ0v) is 13.8. The van der Waals surface area contributed by atoms with E-state index in [1.165, 1.54) is 10.4 Å². The van der Waals surface area contributed by atoms with Gasteiger partial charge in [0.1, 0.15) is 10.6 Å². The van der Waals surface area contributed by atoms with Crippen LogP contribution < -0.4 is 10.5 Å². The van der Waals surface area contributed by atoms with Crippen LogP contribution in [0.15, 0.2) is 23.1 Å². The summed E-state index contributed by atoms with van der Waals surface area (Å²) in [6.45, 7) is 6.43. The molecule has 7 heteroatoms. The van der Waals surface area contributed by atoms with Crippen molar-refractivity contribution in [1.82, 2.24) is 4.31 Å². The van der Waals surface area contributed by atoms with Crippen LogP contribution in [0.2, 0.25) is 0 Å². The Kier molecular flexibility index (Phi) is 6.44. The van der Waals surface area contributed by atoms with Crippen LogP contribution in [0.1, 0.15) is 20.8 Å². The van der Waals surface area contributed by atoms with Crippen LogP contribution in [0.5, 0.6) is 5.75 Å². The Morgan fingerprint density at radius 2 is 2.00 bits per heavy atom. The van der Waals surface area contributed by atoms with E-state index in [0.29, 0.717) is 31.2 Å². The normalized spacial score (nSPS) is 13.4. The number of nitrogen functional groups attached to an aromatic ring is 1. The van der Waals surface area contributed by atoms with Crippen LogP contribution >= 0.6 is 0 Å². The lowest BCUT2D eigenvalue weighted by Gasteiger charge is -2.27. The Balaban J connectivity index is 3.30. The minimum atomic E-state index is -3.70. The maximum atomic E-state index is 12.9. The standard InChI is InChI=1S/C14H24N2O4S/c1-5-16(11(3)10-19-4)21(17,18)14-9-12(15)7-8-13(14)20-6-2/h7-9,11H,5-6,10,15H2,1-4H3. The number of rotatable bonds is 8. The van der Waals surface area contributed by atoms with E-state index in [2.05, 4.69) is 0 Å². The molecule has 0 heterocycles. The Morgan fingerprint density at radius 3 is 2.52 bits per heavy atom. The molecule has 0 radical (unpaired) electrons. The van der Waals surface area contributed by atoms with Crippen LogP contribution in [-0.4, -0.2) is 45.6 Å². The van der Waals surface area contributed by atoms with Crippen molar-refractivity contribution in [1.29, 1.82) is 0 Å². The minimum Gasteiger partial charge on any atom is -0.492 e. The highest BCUT2D eigenvalue weighted by atomic mass is 32.2. The maximum absolute atomic E-state index is 12.9. The molecule has 0 spiro atoms. The second-order valence-corrected chi connectivity index (χ2v) is 6.51. The summed E-state index contributed by atoms with van der Waals surface area (Å²) in [5, 5.41) is 0. The lowest BCUT2D eigenvalue weighted by Crippen LogP contribution is -2.41. The molecule has 1 aromatic carbocycles. The first-order valence-corrected chi connectivity index (χ1v) is 8.35. The van der Waals surface area contributed by atoms with Crippen molar-refractivity contribution in [3.63, 3.8) is 0 Å². The third-order valence-corrected chi connectivity index (χ3v) is 5.18. The summed E-state index contributed by atoms with van der Waals surface area (Å²) in [6, 6.07) is 4.36. The number of hydrogen-bond donors (Lipinski definition) is 1. The van der Waals surface area contributed by atoms with Crippen molar-refractivity contribution in [2.45, 2.75) is 31.7 Å². The molecule has 21 heavy (non-hydrogen) atoms. The van der Waals surface area contributed by atoms with E-state index in [0.717, 1.165) is 0 Å². The van der Waals surface area contributed by atoms with Crippen molar-refractivity contribution in [2.75, 3.05) is 32.6 Å². The van der Waals surface area contributed by atoms with E-state index in [4.69, 9.17) is 15.2 Å². The molecule has 1 rings (SSSR count). The second kappa shape index (κ2) is 7.63. The fourth-order valence-corrected chi connectivity index (χ4v) is 3.96. The van der Waals surface area contributed by atoms with Gasteiger partial charge in [0.2, 0.25) is 10.0 Å². The average Bonchev–Trinajstić information content (AvgIpc) is 2.41. The fourth-order valence-electron chi connectivity index (χ4n) is 2.17. The SMILES string of the molecule is CCOc1ccc(N)cc1S(=O)(=O)N(CC)C(C)COC. The van der Waals surface area contributed by atoms with Crippen molar-refractivity contribution < 1.29 is 17.9 Å². The second-order valence-electron chi connectivity index (χ2n) is 4.65. The molecule has 0 aliphatic rings. The largest absolute Gasteiger partial charge is 0.492 e. The molecule has 120 valence electrons. The number of benzene rings is 1. The van der Waals surface area contributed by atoms with Crippen LogP contribution in [0.25, 0.3) is 0 Å². The van der Waals surface area contributed by atoms with E-state index in [9.17, 15) is 8.42 Å². The number of hydrogen-bond acceptors (Lipinski definition) is 5. The van der Waals surface area contributed by atoms with Crippen LogP contribution in [0, 0.1) is 0 Å². The third kappa shape index (κ3) is 4.09. The van der Waals surface area contributed by atoms with E-state index >= 15 is 0 Å². The van der Waals surface area contributed by atoms with Gasteiger partial charge in [-0.2, -0.15) is 4.31 Å². The van der Waals surface area contributed by atoms with Crippen LogP contribution in [-0.2, 0) is 14.8 Å². The summed E-state index contributed by atoms with van der Waals surface area (Å²) in [4.78, 5) is 0.0918. The van der Waals surface area contributed by atoms with Gasteiger partial charge >= 0.3 is 0 Å². The average molecular weight is 316 g/mol. The number of nitrogens with zero attached hydrogens (tertiary/aromatic N) is 1. The minimum absolute atomic E-state index is 0.0918. The van der Waals surface area contributed by atoms with Crippen molar-refractivity contribution in [3.05, 3.63) is 18.2 Å². The molecular weight excluding hydrogens is 292 g/mol. The lowest BCUT2D eigenvalue weighted by molar-refractivity contribution is 0.142. The van der Waals surface area contributed by atoms with Crippen molar-refractivity contribution in [3.8, 4) is 5.75 Å². The summed E-state index contributed by atoms with van der Waals surface area (Å²) in [5.74, 6) is 0.315. The molecule has 1 atom stereocenters. The summed E-state index contributed by atoms with van der Waals surface area (Å²) in [6.07, 6.45) is 0. The molecule has 1 aromatic rings. The van der Waals surface area contributed by atoms with Crippen molar-refractivity contribution >= 4 is 15.7 Å². The zero-order chi connectivity index (χ0) is 16.0. The van der Waals surface area contributed by atoms with Gasteiger partial charge in [0.15, 0.2) is 0 Å². The first-order valence-electron chi connectivity index (χ1n) is 6.91. The number of likely N-dealkylation sites (N-methyl/N-ethyl adjacent to an activating group) is 1. The molecular formula is C14H24N2O4S. The van der Waals surface area contributed by atoms with Crippen molar-refractivity contribution in [2.24, 2.45) is 0 Å². The van der Waals surface area contributed by atoms with Gasteiger partial charge in [0.05, 0.1) is 13.2 Å². The molecule has 0 aliphatic heterocycles. The number of sulfonamides is 1. The molecule has 0 saturated heterocycles. The van der Waals surface area contributed by atoms with Gasteiger partial charge in [0, 0.05) is 25.4 Å². The highest BCUT2D eigenvalue weighted by Crippen LogP contribution is 2.30. The fraction of sp³-hybridized carbons (Fsp3) is 0.571. The van der Waals surface area contributed by atoms with Gasteiger partial charge in [-0.1, -0.05) is 6.92 Å². The predicted octanol–water partition coefficient (Wildman–Crippen LogP) is 1.71. The van der Waals surface area contributed by atoms with Gasteiger partial charge < -0.3 is 15.2 Å². The maximum Gasteiger partial charge on any atom is 0.247 e. The van der Waals surface area contributed by atoms with E-state index in [-0.39, 0.29) is 10.9 Å². The third-order valence-electron chi connectivity index (χ3n) is 3.07. The molecule has 6 nitrogen and oxygen atoms in total. The Morgan fingerprint density at radius 1 is 1.33 bits per heavy atom. The quantitative estimate of drug-likeness (QED) is 0.738. The van der Waals surface area contributed by atoms with Crippen LogP contribution in [0.4, 0.5) is 5.69 Å². The monoisotopic (exact) mass is 316 g/mol. The Bertz CT molecular complexity index is 560. The Hall–Kier alpha value is -1.31. The number of ether oxygens (including phenoxy) is 2. The summed E-state index contributed by atoms with van der Waals surface area (Å²) >= 11 is 0. The molecule has 0 bridgehead atoms. The van der Waals surface area contributed by atoms with E-state index < -0.39 is 10.0 Å². The van der Waals surface area contributed by atoms with Gasteiger partial charge in [-0.3, -0.25) is 0 Å². The molecule has 0 amide bonds. The van der Waals surface area contributed by atoms with Gasteiger partial charge in [0.25, 0.3) is 0 Å². The van der Waals surface area contributed by atoms with Gasteiger partial charge in [-0.15, -0.1) is 0 Å². The molecule has 0 aromatic heterocycles. The highest BCUT2D eigenvalue weighted by Gasteiger charge is 2.30. The molecule has 2 N–H and O–H groups in total. The van der Waals surface area contributed by atoms with E-state index in [1.807, 2.05) is 0 Å². The summed E-state index contributed by atoms with van der Waals surface area (Å²) in [7, 11) is -2.15. The molecule has 0 aliphatic carbocycles. The van der Waals surface area contributed by atoms with Gasteiger partial charge in [-0.25, -0.2) is 8.42 Å². The first kappa shape index (κ1) is 17.7.